The highest BCUT2D eigenvalue weighted by Gasteiger charge is 2.33. The van der Waals surface area contributed by atoms with Gasteiger partial charge in [0.2, 0.25) is 0 Å². The second-order valence-electron chi connectivity index (χ2n) is 4.22. The zero-order valence-electron chi connectivity index (χ0n) is 8.62. The van der Waals surface area contributed by atoms with E-state index in [2.05, 4.69) is 24.1 Å². The topological polar surface area (TPSA) is 24.5 Å². The average Bonchev–Trinajstić information content (AvgIpc) is 2.71. The van der Waals surface area contributed by atoms with Crippen molar-refractivity contribution in [2.45, 2.75) is 32.6 Å². The minimum Gasteiger partial charge on any atom is -0.359 e. The Balaban J connectivity index is 1.82. The molecule has 3 unspecified atom stereocenters. The van der Waals surface area contributed by atoms with E-state index in [-0.39, 0.29) is 0 Å². The summed E-state index contributed by atoms with van der Waals surface area (Å²) in [5.41, 5.74) is 0. The van der Waals surface area contributed by atoms with Gasteiger partial charge in [-0.2, -0.15) is 0 Å². The quantitative estimate of drug-likeness (QED) is 0.682. The van der Waals surface area contributed by atoms with Gasteiger partial charge in [0.25, 0.3) is 0 Å². The summed E-state index contributed by atoms with van der Waals surface area (Å²) >= 11 is 0. The lowest BCUT2D eigenvalue weighted by Crippen LogP contribution is -2.33. The average molecular weight is 184 g/mol. The van der Waals surface area contributed by atoms with Gasteiger partial charge in [-0.3, -0.25) is 5.32 Å². The molecule has 0 aromatic rings. The largest absolute Gasteiger partial charge is 0.359 e. The van der Waals surface area contributed by atoms with Crippen LogP contribution in [0.5, 0.6) is 0 Å². The molecule has 0 saturated carbocycles. The monoisotopic (exact) mass is 184 g/mol. The summed E-state index contributed by atoms with van der Waals surface area (Å²) in [5, 5.41) is 3.44. The zero-order valence-corrected chi connectivity index (χ0v) is 8.62. The number of hydrogen-bond acceptors (Lipinski definition) is 3. The SMILES string of the molecule is CCN1CCC(C2NCC(C)O2)C1. The van der Waals surface area contributed by atoms with E-state index in [1.54, 1.807) is 0 Å². The van der Waals surface area contributed by atoms with E-state index in [1.807, 2.05) is 0 Å². The fraction of sp³-hybridized carbons (Fsp3) is 1.00. The molecule has 0 amide bonds. The van der Waals surface area contributed by atoms with Crippen LogP contribution in [0.3, 0.4) is 0 Å². The van der Waals surface area contributed by atoms with E-state index in [1.165, 1.54) is 26.1 Å². The summed E-state index contributed by atoms with van der Waals surface area (Å²) in [4.78, 5) is 2.50. The third kappa shape index (κ3) is 2.03. The van der Waals surface area contributed by atoms with E-state index in [4.69, 9.17) is 4.74 Å². The van der Waals surface area contributed by atoms with Crippen LogP contribution in [-0.2, 0) is 4.74 Å². The second-order valence-corrected chi connectivity index (χ2v) is 4.22. The molecule has 76 valence electrons. The lowest BCUT2D eigenvalue weighted by Gasteiger charge is -2.19. The number of nitrogens with one attached hydrogen (secondary N) is 1. The molecule has 2 fully saturated rings. The van der Waals surface area contributed by atoms with E-state index < -0.39 is 0 Å². The highest BCUT2D eigenvalue weighted by molar-refractivity contribution is 4.83. The zero-order chi connectivity index (χ0) is 9.26. The van der Waals surface area contributed by atoms with E-state index >= 15 is 0 Å². The van der Waals surface area contributed by atoms with Gasteiger partial charge >= 0.3 is 0 Å². The minimum atomic E-state index is 0.326. The number of ether oxygens (including phenoxy) is 1. The fourth-order valence-electron chi connectivity index (χ4n) is 2.30. The van der Waals surface area contributed by atoms with Gasteiger partial charge in [0.05, 0.1) is 6.10 Å². The van der Waals surface area contributed by atoms with Gasteiger partial charge in [-0.05, 0) is 26.4 Å². The Morgan fingerprint density at radius 2 is 2.38 bits per heavy atom. The maximum atomic E-state index is 5.80. The lowest BCUT2D eigenvalue weighted by molar-refractivity contribution is 0.0155. The third-order valence-electron chi connectivity index (χ3n) is 3.17. The van der Waals surface area contributed by atoms with Crippen molar-refractivity contribution in [1.82, 2.24) is 10.2 Å². The molecule has 0 aromatic carbocycles. The molecular formula is C10H20N2O. The van der Waals surface area contributed by atoms with Crippen LogP contribution in [0.4, 0.5) is 0 Å². The van der Waals surface area contributed by atoms with Gasteiger partial charge in [0.15, 0.2) is 0 Å². The van der Waals surface area contributed by atoms with Crippen LogP contribution < -0.4 is 5.32 Å². The van der Waals surface area contributed by atoms with Crippen LogP contribution in [0.15, 0.2) is 0 Å². The summed E-state index contributed by atoms with van der Waals surface area (Å²) in [5.74, 6) is 0.713. The van der Waals surface area contributed by atoms with Gasteiger partial charge in [0, 0.05) is 19.0 Å². The Kier molecular flexibility index (Phi) is 2.86. The van der Waals surface area contributed by atoms with E-state index in [0.29, 0.717) is 18.2 Å². The van der Waals surface area contributed by atoms with Crippen molar-refractivity contribution in [2.24, 2.45) is 5.92 Å². The van der Waals surface area contributed by atoms with Crippen LogP contribution in [0.1, 0.15) is 20.3 Å². The van der Waals surface area contributed by atoms with Crippen molar-refractivity contribution in [2.75, 3.05) is 26.2 Å². The van der Waals surface area contributed by atoms with Crippen molar-refractivity contribution < 1.29 is 4.74 Å². The molecule has 2 rings (SSSR count). The summed E-state index contributed by atoms with van der Waals surface area (Å²) in [6, 6.07) is 0. The second kappa shape index (κ2) is 3.95. The molecule has 1 N–H and O–H groups in total. The molecule has 0 aromatic heterocycles. The van der Waals surface area contributed by atoms with Gasteiger partial charge in [0.1, 0.15) is 6.23 Å². The lowest BCUT2D eigenvalue weighted by atomic mass is 10.1. The van der Waals surface area contributed by atoms with Crippen LogP contribution in [0.2, 0.25) is 0 Å². The molecule has 2 heterocycles. The summed E-state index contributed by atoms with van der Waals surface area (Å²) < 4.78 is 5.80. The molecule has 2 saturated heterocycles. The first-order valence-electron chi connectivity index (χ1n) is 5.40. The molecule has 0 spiro atoms. The van der Waals surface area contributed by atoms with Gasteiger partial charge < -0.3 is 9.64 Å². The molecule has 0 radical (unpaired) electrons. The Morgan fingerprint density at radius 3 is 2.92 bits per heavy atom. The van der Waals surface area contributed by atoms with Crippen LogP contribution in [-0.4, -0.2) is 43.4 Å². The Morgan fingerprint density at radius 1 is 1.54 bits per heavy atom. The molecule has 3 atom stereocenters. The first-order valence-corrected chi connectivity index (χ1v) is 5.40. The molecule has 2 aliphatic rings. The maximum absolute atomic E-state index is 5.80. The van der Waals surface area contributed by atoms with Gasteiger partial charge in [-0.1, -0.05) is 6.92 Å². The number of hydrogen-bond donors (Lipinski definition) is 1. The highest BCUT2D eigenvalue weighted by Crippen LogP contribution is 2.23. The molecular weight excluding hydrogens is 164 g/mol. The molecule has 0 bridgehead atoms. The number of nitrogens with zero attached hydrogens (tertiary/aromatic N) is 1. The minimum absolute atomic E-state index is 0.326. The van der Waals surface area contributed by atoms with Crippen molar-refractivity contribution >= 4 is 0 Å². The van der Waals surface area contributed by atoms with E-state index in [0.717, 1.165) is 6.54 Å². The van der Waals surface area contributed by atoms with Crippen molar-refractivity contribution in [3.63, 3.8) is 0 Å². The smallest absolute Gasteiger partial charge is 0.112 e. The van der Waals surface area contributed by atoms with Crippen LogP contribution >= 0.6 is 0 Å². The van der Waals surface area contributed by atoms with Crippen LogP contribution in [0.25, 0.3) is 0 Å². The van der Waals surface area contributed by atoms with Crippen molar-refractivity contribution in [1.29, 1.82) is 0 Å². The van der Waals surface area contributed by atoms with Crippen molar-refractivity contribution in [3.05, 3.63) is 0 Å². The number of likely N-dealkylation sites (tertiary alicyclic amines) is 1. The molecule has 2 aliphatic heterocycles. The summed E-state index contributed by atoms with van der Waals surface area (Å²) in [7, 11) is 0. The summed E-state index contributed by atoms with van der Waals surface area (Å²) in [6.45, 7) is 9.03. The fourth-order valence-corrected chi connectivity index (χ4v) is 2.30. The predicted molar refractivity (Wildman–Crippen MR) is 52.6 cm³/mol. The first-order chi connectivity index (χ1) is 6.29. The molecule has 13 heavy (non-hydrogen) atoms. The Bertz CT molecular complexity index is 174. The first kappa shape index (κ1) is 9.44. The normalized spacial score (nSPS) is 41.5. The van der Waals surface area contributed by atoms with Crippen LogP contribution in [0, 0.1) is 5.92 Å². The molecule has 3 heteroatoms. The van der Waals surface area contributed by atoms with Gasteiger partial charge in [-0.25, -0.2) is 0 Å². The third-order valence-corrected chi connectivity index (χ3v) is 3.17. The van der Waals surface area contributed by atoms with Crippen molar-refractivity contribution in [3.8, 4) is 0 Å². The Labute approximate surface area is 80.4 Å². The molecule has 3 nitrogen and oxygen atoms in total. The molecule has 0 aliphatic carbocycles. The highest BCUT2D eigenvalue weighted by atomic mass is 16.5. The number of rotatable bonds is 2. The Hall–Kier alpha value is -0.120. The maximum Gasteiger partial charge on any atom is 0.112 e. The van der Waals surface area contributed by atoms with Gasteiger partial charge in [-0.15, -0.1) is 0 Å². The standard InChI is InChI=1S/C10H20N2O/c1-3-12-5-4-9(7-12)10-11-6-8(2)13-10/h8-11H,3-7H2,1-2H3. The predicted octanol–water partition coefficient (Wildman–Crippen LogP) is 0.663. The summed E-state index contributed by atoms with van der Waals surface area (Å²) in [6.07, 6.45) is 2.02. The van der Waals surface area contributed by atoms with E-state index in [9.17, 15) is 0 Å².